The van der Waals surface area contributed by atoms with Gasteiger partial charge in [0.2, 0.25) is 0 Å². The SMILES string of the molecule is COc1ccc(CN(C(=O)COC(=O)c2sc(-c3ccccn3)nc2C)C2CC2)cc1. The number of nitrogens with zero attached hydrogens (tertiary/aromatic N) is 3. The van der Waals surface area contributed by atoms with E-state index in [9.17, 15) is 9.59 Å². The summed E-state index contributed by atoms with van der Waals surface area (Å²) in [4.78, 5) is 36.3. The zero-order valence-corrected chi connectivity index (χ0v) is 18.2. The molecule has 1 saturated carbocycles. The van der Waals surface area contributed by atoms with Gasteiger partial charge in [-0.1, -0.05) is 18.2 Å². The van der Waals surface area contributed by atoms with Crippen molar-refractivity contribution in [1.82, 2.24) is 14.9 Å². The van der Waals surface area contributed by atoms with Crippen molar-refractivity contribution in [3.05, 3.63) is 64.8 Å². The predicted molar refractivity (Wildman–Crippen MR) is 117 cm³/mol. The summed E-state index contributed by atoms with van der Waals surface area (Å²) in [5.41, 5.74) is 2.27. The number of thiazole rings is 1. The number of carbonyl (C=O) groups excluding carboxylic acids is 2. The Bertz CT molecular complexity index is 1060. The zero-order chi connectivity index (χ0) is 21.8. The van der Waals surface area contributed by atoms with Crippen LogP contribution in [0.3, 0.4) is 0 Å². The number of aromatic nitrogens is 2. The second-order valence-electron chi connectivity index (χ2n) is 7.33. The van der Waals surface area contributed by atoms with Gasteiger partial charge in [-0.05, 0) is 49.6 Å². The first-order chi connectivity index (χ1) is 15.0. The molecule has 160 valence electrons. The summed E-state index contributed by atoms with van der Waals surface area (Å²) < 4.78 is 10.5. The van der Waals surface area contributed by atoms with Gasteiger partial charge in [0.25, 0.3) is 5.91 Å². The normalized spacial score (nSPS) is 13.0. The van der Waals surface area contributed by atoms with Crippen LogP contribution in [0, 0.1) is 6.92 Å². The smallest absolute Gasteiger partial charge is 0.350 e. The molecular weight excluding hydrogens is 414 g/mol. The molecule has 0 aliphatic heterocycles. The van der Waals surface area contributed by atoms with Crippen molar-refractivity contribution in [1.29, 1.82) is 0 Å². The summed E-state index contributed by atoms with van der Waals surface area (Å²) in [6, 6.07) is 13.3. The number of esters is 1. The quantitative estimate of drug-likeness (QED) is 0.498. The fourth-order valence-corrected chi connectivity index (χ4v) is 4.13. The second kappa shape index (κ2) is 9.26. The summed E-state index contributed by atoms with van der Waals surface area (Å²) >= 11 is 1.22. The number of carbonyl (C=O) groups is 2. The van der Waals surface area contributed by atoms with E-state index >= 15 is 0 Å². The maximum absolute atomic E-state index is 12.8. The van der Waals surface area contributed by atoms with Crippen LogP contribution in [0.2, 0.25) is 0 Å². The van der Waals surface area contributed by atoms with Gasteiger partial charge in [0.05, 0.1) is 18.5 Å². The van der Waals surface area contributed by atoms with Crippen molar-refractivity contribution < 1.29 is 19.1 Å². The van der Waals surface area contributed by atoms with E-state index in [1.54, 1.807) is 25.1 Å². The minimum absolute atomic E-state index is 0.196. The van der Waals surface area contributed by atoms with Crippen LogP contribution >= 0.6 is 11.3 Å². The van der Waals surface area contributed by atoms with Crippen molar-refractivity contribution in [3.8, 4) is 16.5 Å². The Labute approximate surface area is 184 Å². The van der Waals surface area contributed by atoms with Crippen LogP contribution in [-0.4, -0.2) is 46.5 Å². The summed E-state index contributed by atoms with van der Waals surface area (Å²) in [6.45, 7) is 1.94. The Balaban J connectivity index is 1.38. The van der Waals surface area contributed by atoms with Gasteiger partial charge >= 0.3 is 5.97 Å². The molecule has 4 rings (SSSR count). The molecule has 3 aromatic rings. The third-order valence-corrected chi connectivity index (χ3v) is 6.17. The van der Waals surface area contributed by atoms with E-state index < -0.39 is 5.97 Å². The number of hydrogen-bond donors (Lipinski definition) is 0. The molecule has 1 aliphatic carbocycles. The van der Waals surface area contributed by atoms with Gasteiger partial charge in [-0.15, -0.1) is 11.3 Å². The molecule has 1 amide bonds. The molecule has 0 N–H and O–H groups in total. The molecular formula is C23H23N3O4S. The molecule has 8 heteroatoms. The third-order valence-electron chi connectivity index (χ3n) is 5.01. The molecule has 31 heavy (non-hydrogen) atoms. The number of hydrogen-bond acceptors (Lipinski definition) is 7. The van der Waals surface area contributed by atoms with Crippen LogP contribution in [0.1, 0.15) is 33.8 Å². The van der Waals surface area contributed by atoms with Crippen LogP contribution in [-0.2, 0) is 16.1 Å². The van der Waals surface area contributed by atoms with Crippen molar-refractivity contribution in [2.24, 2.45) is 0 Å². The van der Waals surface area contributed by atoms with Crippen LogP contribution in [0.4, 0.5) is 0 Å². The average Bonchev–Trinajstić information content (AvgIpc) is 3.57. The van der Waals surface area contributed by atoms with Gasteiger partial charge in [0, 0.05) is 18.8 Å². The van der Waals surface area contributed by atoms with Gasteiger partial charge in [0.1, 0.15) is 15.6 Å². The van der Waals surface area contributed by atoms with Gasteiger partial charge in [-0.25, -0.2) is 9.78 Å². The first kappa shape index (κ1) is 21.0. The highest BCUT2D eigenvalue weighted by atomic mass is 32.1. The zero-order valence-electron chi connectivity index (χ0n) is 17.4. The summed E-state index contributed by atoms with van der Waals surface area (Å²) in [5, 5.41) is 0.649. The van der Waals surface area contributed by atoms with Gasteiger partial charge < -0.3 is 14.4 Å². The molecule has 0 spiro atoms. The molecule has 0 atom stereocenters. The maximum atomic E-state index is 12.8. The van der Waals surface area contributed by atoms with E-state index in [0.29, 0.717) is 27.8 Å². The van der Waals surface area contributed by atoms with E-state index in [-0.39, 0.29) is 18.6 Å². The fourth-order valence-electron chi connectivity index (χ4n) is 3.20. The molecule has 0 bridgehead atoms. The lowest BCUT2D eigenvalue weighted by Crippen LogP contribution is -2.36. The molecule has 1 aromatic carbocycles. The van der Waals surface area contributed by atoms with E-state index in [1.807, 2.05) is 42.5 Å². The lowest BCUT2D eigenvalue weighted by Gasteiger charge is -2.22. The number of aryl methyl sites for hydroxylation is 1. The van der Waals surface area contributed by atoms with E-state index in [0.717, 1.165) is 24.2 Å². The molecule has 7 nitrogen and oxygen atoms in total. The average molecular weight is 438 g/mol. The van der Waals surface area contributed by atoms with Crippen molar-refractivity contribution in [3.63, 3.8) is 0 Å². The number of ether oxygens (including phenoxy) is 2. The molecule has 1 fully saturated rings. The van der Waals surface area contributed by atoms with Gasteiger partial charge in [-0.2, -0.15) is 0 Å². The van der Waals surface area contributed by atoms with Crippen molar-refractivity contribution in [2.45, 2.75) is 32.4 Å². The Kier molecular flexibility index (Phi) is 6.27. The van der Waals surface area contributed by atoms with Gasteiger partial charge in [-0.3, -0.25) is 9.78 Å². The molecule has 1 aliphatic rings. The maximum Gasteiger partial charge on any atom is 0.350 e. The minimum Gasteiger partial charge on any atom is -0.497 e. The van der Waals surface area contributed by atoms with Crippen LogP contribution in [0.15, 0.2) is 48.7 Å². The standard InChI is InChI=1S/C23H23N3O4S/c1-15-21(31-22(25-15)19-5-3-4-12-24-19)23(28)30-14-20(27)26(17-8-9-17)13-16-6-10-18(29-2)11-7-16/h3-7,10-12,17H,8-9,13-14H2,1-2H3. The molecule has 0 saturated heterocycles. The van der Waals surface area contributed by atoms with Crippen LogP contribution in [0.5, 0.6) is 5.75 Å². The topological polar surface area (TPSA) is 81.6 Å². The Morgan fingerprint density at radius 2 is 1.94 bits per heavy atom. The van der Waals surface area contributed by atoms with Crippen molar-refractivity contribution in [2.75, 3.05) is 13.7 Å². The monoisotopic (exact) mass is 437 g/mol. The minimum atomic E-state index is -0.536. The summed E-state index contributed by atoms with van der Waals surface area (Å²) in [5.74, 6) is 0.0384. The highest BCUT2D eigenvalue weighted by molar-refractivity contribution is 7.17. The van der Waals surface area contributed by atoms with Crippen molar-refractivity contribution >= 4 is 23.2 Å². The Morgan fingerprint density at radius 3 is 2.58 bits per heavy atom. The number of rotatable bonds is 8. The number of pyridine rings is 1. The van der Waals surface area contributed by atoms with Crippen LogP contribution < -0.4 is 4.74 Å². The Morgan fingerprint density at radius 1 is 1.16 bits per heavy atom. The highest BCUT2D eigenvalue weighted by Gasteiger charge is 2.33. The third kappa shape index (κ3) is 5.08. The summed E-state index contributed by atoms with van der Waals surface area (Å²) in [6.07, 6.45) is 3.62. The molecule has 0 radical (unpaired) electrons. The van der Waals surface area contributed by atoms with E-state index in [1.165, 1.54) is 11.3 Å². The highest BCUT2D eigenvalue weighted by Crippen LogP contribution is 2.30. The summed E-state index contributed by atoms with van der Waals surface area (Å²) in [7, 11) is 1.62. The number of benzene rings is 1. The van der Waals surface area contributed by atoms with E-state index in [2.05, 4.69) is 9.97 Å². The number of amides is 1. The second-order valence-corrected chi connectivity index (χ2v) is 8.32. The molecule has 0 unspecified atom stereocenters. The van der Waals surface area contributed by atoms with Crippen LogP contribution in [0.25, 0.3) is 10.7 Å². The first-order valence-electron chi connectivity index (χ1n) is 10.0. The predicted octanol–water partition coefficient (Wildman–Crippen LogP) is 3.87. The molecule has 2 heterocycles. The fraction of sp³-hybridized carbons (Fsp3) is 0.304. The Hall–Kier alpha value is -3.26. The first-order valence-corrected chi connectivity index (χ1v) is 10.8. The lowest BCUT2D eigenvalue weighted by atomic mass is 10.2. The van der Waals surface area contributed by atoms with Gasteiger partial charge in [0.15, 0.2) is 6.61 Å². The molecule has 2 aromatic heterocycles. The number of methoxy groups -OCH3 is 1. The lowest BCUT2D eigenvalue weighted by molar-refractivity contribution is -0.135. The largest absolute Gasteiger partial charge is 0.497 e. The van der Waals surface area contributed by atoms with E-state index in [4.69, 9.17) is 9.47 Å².